The maximum absolute atomic E-state index is 10.6. The van der Waals surface area contributed by atoms with Gasteiger partial charge in [0.1, 0.15) is 6.42 Å². The lowest BCUT2D eigenvalue weighted by Crippen LogP contribution is -1.99. The number of rotatable bonds is 3. The van der Waals surface area contributed by atoms with Crippen molar-refractivity contribution < 1.29 is 14.3 Å². The molecule has 2 rings (SSSR count). The van der Waals surface area contributed by atoms with Crippen LogP contribution in [0.15, 0.2) is 10.5 Å². The number of benzene rings is 1. The summed E-state index contributed by atoms with van der Waals surface area (Å²) in [4.78, 5) is 10.6. The summed E-state index contributed by atoms with van der Waals surface area (Å²) < 4.78 is 5.45. The van der Waals surface area contributed by atoms with E-state index in [4.69, 9.17) is 9.52 Å². The molecule has 0 unspecified atom stereocenters. The molecule has 1 N–H and O–H groups in total. The van der Waals surface area contributed by atoms with Gasteiger partial charge in [0.15, 0.2) is 0 Å². The third-order valence-corrected chi connectivity index (χ3v) is 3.35. The maximum atomic E-state index is 10.6. The number of carboxylic acids is 1. The number of hydrogen-bond acceptors (Lipinski definition) is 4. The molecule has 1 aromatic carbocycles. The van der Waals surface area contributed by atoms with E-state index < -0.39 is 5.97 Å². The van der Waals surface area contributed by atoms with E-state index in [9.17, 15) is 4.79 Å². The largest absolute Gasteiger partial charge is 0.481 e. The van der Waals surface area contributed by atoms with Crippen LogP contribution in [-0.2, 0) is 11.2 Å². The molecular formula is C14H16N2O3. The molecule has 5 nitrogen and oxygen atoms in total. The van der Waals surface area contributed by atoms with E-state index in [0.29, 0.717) is 5.89 Å². The van der Waals surface area contributed by atoms with E-state index in [1.807, 2.05) is 27.7 Å². The number of nitrogens with zero attached hydrogens (tertiary/aromatic N) is 2. The molecule has 0 saturated heterocycles. The Labute approximate surface area is 111 Å². The molecule has 100 valence electrons. The van der Waals surface area contributed by atoms with Crippen molar-refractivity contribution in [1.29, 1.82) is 0 Å². The average Bonchev–Trinajstić information content (AvgIpc) is 2.74. The molecule has 19 heavy (non-hydrogen) atoms. The van der Waals surface area contributed by atoms with Crippen molar-refractivity contribution in [2.75, 3.05) is 0 Å². The summed E-state index contributed by atoms with van der Waals surface area (Å²) in [6, 6.07) is 2.11. The molecule has 0 atom stereocenters. The number of hydrogen-bond donors (Lipinski definition) is 1. The van der Waals surface area contributed by atoms with E-state index in [-0.39, 0.29) is 12.3 Å². The second kappa shape index (κ2) is 4.84. The molecule has 0 aliphatic heterocycles. The molecule has 0 bridgehead atoms. The zero-order valence-corrected chi connectivity index (χ0v) is 11.4. The Bertz CT molecular complexity index is 618. The Morgan fingerprint density at radius 2 is 1.74 bits per heavy atom. The van der Waals surface area contributed by atoms with Crippen molar-refractivity contribution >= 4 is 5.97 Å². The van der Waals surface area contributed by atoms with Gasteiger partial charge in [0.05, 0.1) is 0 Å². The molecule has 0 radical (unpaired) electrons. The van der Waals surface area contributed by atoms with Crippen LogP contribution >= 0.6 is 0 Å². The van der Waals surface area contributed by atoms with Crippen molar-refractivity contribution in [3.63, 3.8) is 0 Å². The normalized spacial score (nSPS) is 10.7. The minimum atomic E-state index is -0.982. The number of aryl methyl sites for hydroxylation is 2. The molecule has 0 saturated carbocycles. The summed E-state index contributed by atoms with van der Waals surface area (Å²) in [5.41, 5.74) is 5.36. The zero-order valence-electron chi connectivity index (χ0n) is 11.4. The first-order chi connectivity index (χ1) is 8.90. The standard InChI is InChI=1S/C14H16N2O3/c1-7-5-8(2)10(4)13(9(7)3)14-16-15-11(19-14)6-12(17)18/h5H,6H2,1-4H3,(H,17,18). The van der Waals surface area contributed by atoms with Crippen molar-refractivity contribution in [3.05, 3.63) is 34.2 Å². The first kappa shape index (κ1) is 13.3. The fraction of sp³-hybridized carbons (Fsp3) is 0.357. The predicted octanol–water partition coefficient (Wildman–Crippen LogP) is 2.60. The highest BCUT2D eigenvalue weighted by Gasteiger charge is 2.17. The van der Waals surface area contributed by atoms with Crippen LogP contribution < -0.4 is 0 Å². The Balaban J connectivity index is 2.53. The summed E-state index contributed by atoms with van der Waals surface area (Å²) in [5.74, 6) is -0.470. The Morgan fingerprint density at radius 1 is 1.16 bits per heavy atom. The van der Waals surface area contributed by atoms with Crippen LogP contribution in [0.1, 0.15) is 28.1 Å². The number of carboxylic acid groups (broad SMARTS) is 1. The summed E-state index contributed by atoms with van der Waals surface area (Å²) in [6.45, 7) is 8.05. The van der Waals surface area contributed by atoms with Gasteiger partial charge in [-0.15, -0.1) is 10.2 Å². The molecule has 0 amide bonds. The molecule has 1 aromatic heterocycles. The van der Waals surface area contributed by atoms with Gasteiger partial charge in [-0.25, -0.2) is 0 Å². The predicted molar refractivity (Wildman–Crippen MR) is 70.0 cm³/mol. The molecule has 0 aliphatic carbocycles. The van der Waals surface area contributed by atoms with E-state index in [2.05, 4.69) is 16.3 Å². The monoisotopic (exact) mass is 260 g/mol. The van der Waals surface area contributed by atoms with Gasteiger partial charge < -0.3 is 9.52 Å². The van der Waals surface area contributed by atoms with E-state index in [1.54, 1.807) is 0 Å². The third kappa shape index (κ3) is 2.50. The number of aliphatic carboxylic acids is 1. The van der Waals surface area contributed by atoms with E-state index in [1.165, 1.54) is 0 Å². The van der Waals surface area contributed by atoms with Crippen molar-refractivity contribution in [3.8, 4) is 11.5 Å². The van der Waals surface area contributed by atoms with Gasteiger partial charge in [0.2, 0.25) is 11.8 Å². The van der Waals surface area contributed by atoms with Crippen LogP contribution in [-0.4, -0.2) is 21.3 Å². The topological polar surface area (TPSA) is 76.2 Å². The van der Waals surface area contributed by atoms with E-state index >= 15 is 0 Å². The Kier molecular flexibility index (Phi) is 3.38. The SMILES string of the molecule is Cc1cc(C)c(C)c(-c2nnc(CC(=O)O)o2)c1C. The van der Waals surface area contributed by atoms with Gasteiger partial charge in [-0.3, -0.25) is 4.79 Å². The van der Waals surface area contributed by atoms with Crippen molar-refractivity contribution in [1.82, 2.24) is 10.2 Å². The lowest BCUT2D eigenvalue weighted by molar-refractivity contribution is -0.136. The smallest absolute Gasteiger partial charge is 0.312 e. The Hall–Kier alpha value is -2.17. The molecule has 0 aliphatic rings. The summed E-state index contributed by atoms with van der Waals surface area (Å²) >= 11 is 0. The van der Waals surface area contributed by atoms with E-state index in [0.717, 1.165) is 27.8 Å². The maximum Gasteiger partial charge on any atom is 0.312 e. The second-order valence-corrected chi connectivity index (χ2v) is 4.71. The molecular weight excluding hydrogens is 244 g/mol. The van der Waals surface area contributed by atoms with Gasteiger partial charge in [0, 0.05) is 5.56 Å². The molecule has 5 heteroatoms. The second-order valence-electron chi connectivity index (χ2n) is 4.71. The van der Waals surface area contributed by atoms with Gasteiger partial charge in [-0.05, 0) is 49.9 Å². The van der Waals surface area contributed by atoms with Gasteiger partial charge >= 0.3 is 5.97 Å². The quantitative estimate of drug-likeness (QED) is 0.917. The highest BCUT2D eigenvalue weighted by Crippen LogP contribution is 2.30. The van der Waals surface area contributed by atoms with Crippen LogP contribution in [0.4, 0.5) is 0 Å². The molecule has 0 fully saturated rings. The summed E-state index contributed by atoms with van der Waals surface area (Å²) in [5, 5.41) is 16.5. The molecule has 0 spiro atoms. The fourth-order valence-corrected chi connectivity index (χ4v) is 2.09. The van der Waals surface area contributed by atoms with Crippen LogP contribution in [0.25, 0.3) is 11.5 Å². The number of aromatic nitrogens is 2. The zero-order chi connectivity index (χ0) is 14.2. The molecule has 1 heterocycles. The molecule has 2 aromatic rings. The van der Waals surface area contributed by atoms with Crippen LogP contribution in [0.5, 0.6) is 0 Å². The fourth-order valence-electron chi connectivity index (χ4n) is 2.09. The first-order valence-corrected chi connectivity index (χ1v) is 6.02. The van der Waals surface area contributed by atoms with Crippen molar-refractivity contribution in [2.24, 2.45) is 0 Å². The Morgan fingerprint density at radius 3 is 2.26 bits per heavy atom. The van der Waals surface area contributed by atoms with Gasteiger partial charge in [-0.2, -0.15) is 0 Å². The first-order valence-electron chi connectivity index (χ1n) is 6.02. The minimum absolute atomic E-state index is 0.125. The van der Waals surface area contributed by atoms with Crippen LogP contribution in [0, 0.1) is 27.7 Å². The highest BCUT2D eigenvalue weighted by atomic mass is 16.4. The number of carbonyl (C=O) groups is 1. The lowest BCUT2D eigenvalue weighted by atomic mass is 9.94. The van der Waals surface area contributed by atoms with Crippen LogP contribution in [0.2, 0.25) is 0 Å². The lowest BCUT2D eigenvalue weighted by Gasteiger charge is -2.11. The summed E-state index contributed by atoms with van der Waals surface area (Å²) in [7, 11) is 0. The minimum Gasteiger partial charge on any atom is -0.481 e. The third-order valence-electron chi connectivity index (χ3n) is 3.35. The van der Waals surface area contributed by atoms with Gasteiger partial charge in [0.25, 0.3) is 0 Å². The van der Waals surface area contributed by atoms with Crippen LogP contribution in [0.3, 0.4) is 0 Å². The summed E-state index contributed by atoms with van der Waals surface area (Å²) in [6.07, 6.45) is -0.254. The van der Waals surface area contributed by atoms with Gasteiger partial charge in [-0.1, -0.05) is 6.07 Å². The highest BCUT2D eigenvalue weighted by molar-refractivity contribution is 5.69. The average molecular weight is 260 g/mol. The van der Waals surface area contributed by atoms with Crippen molar-refractivity contribution in [2.45, 2.75) is 34.1 Å².